The van der Waals surface area contributed by atoms with E-state index < -0.39 is 0 Å². The Morgan fingerprint density at radius 1 is 1.35 bits per heavy atom. The highest BCUT2D eigenvalue weighted by Gasteiger charge is 2.43. The molecule has 1 aromatic carbocycles. The molecular weight excluding hydrogens is 376 g/mol. The van der Waals surface area contributed by atoms with E-state index in [0.29, 0.717) is 12.1 Å². The predicted octanol–water partition coefficient (Wildman–Crippen LogP) is 3.94. The minimum atomic E-state index is -0.322. The van der Waals surface area contributed by atoms with Gasteiger partial charge in [0.1, 0.15) is 0 Å². The van der Waals surface area contributed by atoms with Gasteiger partial charge in [0.05, 0.1) is 5.41 Å². The molecule has 1 heterocycles. The highest BCUT2D eigenvalue weighted by molar-refractivity contribution is 9.10. The number of carbonyl (C=O) groups is 1. The van der Waals surface area contributed by atoms with Crippen LogP contribution in [0.1, 0.15) is 51.0 Å². The lowest BCUT2D eigenvalue weighted by molar-refractivity contribution is -0.127. The van der Waals surface area contributed by atoms with Crippen LogP contribution in [0.2, 0.25) is 0 Å². The third kappa shape index (κ3) is 4.09. The number of hydrogen-bond donors (Lipinski definition) is 2. The number of hydrogen-bond acceptors (Lipinski definition) is 2. The number of halogens is 2. The van der Waals surface area contributed by atoms with E-state index in [-0.39, 0.29) is 23.7 Å². The summed E-state index contributed by atoms with van der Waals surface area (Å²) in [6, 6.07) is 9.10. The Hall–Kier alpha value is -0.580. The third-order valence-corrected chi connectivity index (χ3v) is 5.72. The van der Waals surface area contributed by atoms with Crippen LogP contribution in [0.4, 0.5) is 0 Å². The van der Waals surface area contributed by atoms with Crippen molar-refractivity contribution in [1.29, 1.82) is 0 Å². The van der Waals surface area contributed by atoms with Gasteiger partial charge in [-0.25, -0.2) is 0 Å². The van der Waals surface area contributed by atoms with Gasteiger partial charge in [-0.3, -0.25) is 4.79 Å². The summed E-state index contributed by atoms with van der Waals surface area (Å²) in [5, 5.41) is 6.80. The molecule has 1 aliphatic carbocycles. The van der Waals surface area contributed by atoms with E-state index in [2.05, 4.69) is 45.6 Å². The molecule has 2 atom stereocenters. The quantitative estimate of drug-likeness (QED) is 0.805. The molecule has 0 spiro atoms. The lowest BCUT2D eigenvalue weighted by atomic mass is 9.77. The highest BCUT2D eigenvalue weighted by atomic mass is 79.9. The van der Waals surface area contributed by atoms with Gasteiger partial charge in [0, 0.05) is 16.6 Å². The number of benzene rings is 1. The van der Waals surface area contributed by atoms with Crippen LogP contribution in [0.5, 0.6) is 0 Å². The molecular formula is C18H26BrClN2O. The van der Waals surface area contributed by atoms with Crippen LogP contribution >= 0.6 is 28.3 Å². The van der Waals surface area contributed by atoms with Crippen molar-refractivity contribution in [1.82, 2.24) is 10.6 Å². The van der Waals surface area contributed by atoms with Gasteiger partial charge in [0.25, 0.3) is 0 Å². The lowest BCUT2D eigenvalue weighted by Crippen LogP contribution is -2.51. The zero-order valence-electron chi connectivity index (χ0n) is 13.6. The van der Waals surface area contributed by atoms with E-state index in [4.69, 9.17) is 0 Å². The lowest BCUT2D eigenvalue weighted by Gasteiger charge is -2.34. The van der Waals surface area contributed by atoms with E-state index in [1.165, 1.54) is 5.56 Å². The van der Waals surface area contributed by atoms with Crippen molar-refractivity contribution in [3.63, 3.8) is 0 Å². The van der Waals surface area contributed by atoms with Crippen LogP contribution in [-0.4, -0.2) is 24.5 Å². The molecule has 128 valence electrons. The van der Waals surface area contributed by atoms with E-state index in [1.54, 1.807) is 0 Å². The van der Waals surface area contributed by atoms with Crippen LogP contribution in [0.3, 0.4) is 0 Å². The maximum absolute atomic E-state index is 13.1. The molecule has 2 aliphatic rings. The molecule has 2 fully saturated rings. The van der Waals surface area contributed by atoms with Gasteiger partial charge in [-0.05, 0) is 56.8 Å². The Morgan fingerprint density at radius 3 is 2.74 bits per heavy atom. The predicted molar refractivity (Wildman–Crippen MR) is 100 cm³/mol. The molecule has 1 saturated heterocycles. The summed E-state index contributed by atoms with van der Waals surface area (Å²) in [5.41, 5.74) is 0.844. The number of nitrogens with one attached hydrogen (secondary N) is 2. The number of amides is 1. The van der Waals surface area contributed by atoms with Crippen molar-refractivity contribution in [3.8, 4) is 0 Å². The van der Waals surface area contributed by atoms with Crippen LogP contribution in [0, 0.1) is 0 Å². The SMILES string of the molecule is CC1CC(NC(=O)C2(c3cccc(Br)c3)CCCC2)CCN1.Cl. The van der Waals surface area contributed by atoms with Crippen LogP contribution < -0.4 is 10.6 Å². The first-order valence-electron chi connectivity index (χ1n) is 8.40. The molecule has 1 amide bonds. The molecule has 0 aromatic heterocycles. The summed E-state index contributed by atoms with van der Waals surface area (Å²) >= 11 is 3.55. The largest absolute Gasteiger partial charge is 0.352 e. The summed E-state index contributed by atoms with van der Waals surface area (Å²) in [6.07, 6.45) is 6.28. The van der Waals surface area contributed by atoms with Crippen molar-refractivity contribution in [2.24, 2.45) is 0 Å². The number of piperidine rings is 1. The Kier molecular flexibility index (Phi) is 6.52. The van der Waals surface area contributed by atoms with Gasteiger partial charge in [0.2, 0.25) is 5.91 Å². The van der Waals surface area contributed by atoms with E-state index >= 15 is 0 Å². The molecule has 5 heteroatoms. The van der Waals surface area contributed by atoms with E-state index in [9.17, 15) is 4.79 Å². The molecule has 3 rings (SSSR count). The van der Waals surface area contributed by atoms with Crippen molar-refractivity contribution in [3.05, 3.63) is 34.3 Å². The molecule has 1 aliphatic heterocycles. The van der Waals surface area contributed by atoms with E-state index in [0.717, 1.165) is 49.5 Å². The zero-order valence-corrected chi connectivity index (χ0v) is 16.0. The second kappa shape index (κ2) is 8.00. The Morgan fingerprint density at radius 2 is 2.09 bits per heavy atom. The second-order valence-electron chi connectivity index (χ2n) is 6.85. The highest BCUT2D eigenvalue weighted by Crippen LogP contribution is 2.42. The number of carbonyl (C=O) groups excluding carboxylic acids is 1. The van der Waals surface area contributed by atoms with E-state index in [1.807, 2.05) is 12.1 Å². The number of rotatable bonds is 3. The first-order chi connectivity index (χ1) is 10.6. The smallest absolute Gasteiger partial charge is 0.230 e. The standard InChI is InChI=1S/C18H25BrN2O.ClH/c1-13-11-16(7-10-20-13)21-17(22)18(8-2-3-9-18)14-5-4-6-15(19)12-14;/h4-6,12-13,16,20H,2-3,7-11H2,1H3,(H,21,22);1H. The normalized spacial score (nSPS) is 26.3. The fourth-order valence-electron chi connectivity index (χ4n) is 4.00. The van der Waals surface area contributed by atoms with Crippen molar-refractivity contribution in [2.75, 3.05) is 6.54 Å². The molecule has 3 nitrogen and oxygen atoms in total. The Bertz CT molecular complexity index is 546. The van der Waals surface area contributed by atoms with Gasteiger partial charge in [0.15, 0.2) is 0 Å². The molecule has 2 N–H and O–H groups in total. The van der Waals surface area contributed by atoms with Crippen LogP contribution in [0.25, 0.3) is 0 Å². The first-order valence-corrected chi connectivity index (χ1v) is 9.20. The van der Waals surface area contributed by atoms with Gasteiger partial charge in [-0.1, -0.05) is 40.9 Å². The summed E-state index contributed by atoms with van der Waals surface area (Å²) < 4.78 is 1.06. The van der Waals surface area contributed by atoms with Gasteiger partial charge < -0.3 is 10.6 Å². The summed E-state index contributed by atoms with van der Waals surface area (Å²) in [7, 11) is 0. The van der Waals surface area contributed by atoms with Gasteiger partial charge in [-0.2, -0.15) is 0 Å². The first kappa shape index (κ1) is 18.8. The fourth-order valence-corrected chi connectivity index (χ4v) is 4.40. The third-order valence-electron chi connectivity index (χ3n) is 5.23. The van der Waals surface area contributed by atoms with Crippen LogP contribution in [-0.2, 0) is 10.2 Å². The minimum absolute atomic E-state index is 0. The molecule has 1 saturated carbocycles. The summed E-state index contributed by atoms with van der Waals surface area (Å²) in [4.78, 5) is 13.1. The molecule has 2 unspecified atom stereocenters. The average Bonchev–Trinajstić information content (AvgIpc) is 2.98. The van der Waals surface area contributed by atoms with Gasteiger partial charge >= 0.3 is 0 Å². The summed E-state index contributed by atoms with van der Waals surface area (Å²) in [5.74, 6) is 0.238. The van der Waals surface area contributed by atoms with Crippen molar-refractivity contribution < 1.29 is 4.79 Å². The molecule has 1 aromatic rings. The molecule has 0 radical (unpaired) electrons. The molecule has 0 bridgehead atoms. The Balaban J connectivity index is 0.00000192. The topological polar surface area (TPSA) is 41.1 Å². The summed E-state index contributed by atoms with van der Waals surface area (Å²) in [6.45, 7) is 3.19. The van der Waals surface area contributed by atoms with Gasteiger partial charge in [-0.15, -0.1) is 12.4 Å². The second-order valence-corrected chi connectivity index (χ2v) is 7.77. The average molecular weight is 402 g/mol. The molecule has 23 heavy (non-hydrogen) atoms. The maximum Gasteiger partial charge on any atom is 0.230 e. The fraction of sp³-hybridized carbons (Fsp3) is 0.611. The van der Waals surface area contributed by atoms with Crippen LogP contribution in [0.15, 0.2) is 28.7 Å². The maximum atomic E-state index is 13.1. The minimum Gasteiger partial charge on any atom is -0.352 e. The zero-order chi connectivity index (χ0) is 15.6. The monoisotopic (exact) mass is 400 g/mol. The van der Waals surface area contributed by atoms with Crippen molar-refractivity contribution in [2.45, 2.75) is 62.9 Å². The van der Waals surface area contributed by atoms with Crippen molar-refractivity contribution >= 4 is 34.2 Å². The Labute approximate surface area is 153 Å².